The Morgan fingerprint density at radius 3 is 2.43 bits per heavy atom. The van der Waals surface area contributed by atoms with Gasteiger partial charge in [-0.2, -0.15) is 0 Å². The summed E-state index contributed by atoms with van der Waals surface area (Å²) in [6, 6.07) is 0. The summed E-state index contributed by atoms with van der Waals surface area (Å²) in [7, 11) is 0. The van der Waals surface area contributed by atoms with Crippen molar-refractivity contribution in [2.45, 2.75) is 26.7 Å². The number of hydrogen-bond donors (Lipinski definition) is 1. The second-order valence-electron chi connectivity index (χ2n) is 1.76. The summed E-state index contributed by atoms with van der Waals surface area (Å²) >= 11 is 0. The van der Waals surface area contributed by atoms with Crippen LogP contribution in [-0.4, -0.2) is 0 Å². The third-order valence-electron chi connectivity index (χ3n) is 0.929. The van der Waals surface area contributed by atoms with E-state index in [-0.39, 0.29) is 0 Å². The van der Waals surface area contributed by atoms with Crippen LogP contribution in [0.4, 0.5) is 0 Å². The first-order chi connectivity index (χ1) is 3.31. The average molecular weight is 99.2 g/mol. The Morgan fingerprint density at radius 2 is 2.29 bits per heavy atom. The van der Waals surface area contributed by atoms with Crippen molar-refractivity contribution in [3.8, 4) is 0 Å². The lowest BCUT2D eigenvalue weighted by Crippen LogP contribution is -1.82. The second-order valence-corrected chi connectivity index (χ2v) is 1.76. The lowest BCUT2D eigenvalue weighted by Gasteiger charge is -1.90. The smallest absolute Gasteiger partial charge is 0.00733 e. The topological polar surface area (TPSA) is 26.0 Å². The van der Waals surface area contributed by atoms with E-state index in [0.29, 0.717) is 0 Å². The molecule has 0 saturated heterocycles. The number of nitrogens with two attached hydrogens (primary N) is 1. The maximum Gasteiger partial charge on any atom is -0.00733 e. The van der Waals surface area contributed by atoms with Gasteiger partial charge in [0.2, 0.25) is 0 Å². The number of hydrogen-bond acceptors (Lipinski definition) is 1. The predicted molar refractivity (Wildman–Crippen MR) is 32.9 cm³/mol. The summed E-state index contributed by atoms with van der Waals surface area (Å²) < 4.78 is 0. The SMILES string of the molecule is CCC/C(C)=C\N. The maximum absolute atomic E-state index is 5.20. The van der Waals surface area contributed by atoms with Gasteiger partial charge in [-0.15, -0.1) is 0 Å². The molecule has 2 N–H and O–H groups in total. The highest BCUT2D eigenvalue weighted by atomic mass is 14.5. The van der Waals surface area contributed by atoms with Crippen LogP contribution in [0.5, 0.6) is 0 Å². The molecule has 1 nitrogen and oxygen atoms in total. The first-order valence-electron chi connectivity index (χ1n) is 2.68. The highest BCUT2D eigenvalue weighted by Gasteiger charge is 1.80. The molecule has 0 unspecified atom stereocenters. The normalized spacial score (nSPS) is 12.0. The van der Waals surface area contributed by atoms with E-state index in [9.17, 15) is 0 Å². The highest BCUT2D eigenvalue weighted by molar-refractivity contribution is 4.93. The molecule has 0 fully saturated rings. The summed E-state index contributed by atoms with van der Waals surface area (Å²) in [5.41, 5.74) is 6.48. The number of allylic oxidation sites excluding steroid dienone is 1. The van der Waals surface area contributed by atoms with Crippen LogP contribution in [0, 0.1) is 0 Å². The van der Waals surface area contributed by atoms with Gasteiger partial charge in [-0.3, -0.25) is 0 Å². The summed E-state index contributed by atoms with van der Waals surface area (Å²) in [5.74, 6) is 0. The molecule has 42 valence electrons. The molecule has 0 aliphatic carbocycles. The first-order valence-corrected chi connectivity index (χ1v) is 2.68. The van der Waals surface area contributed by atoms with Crippen molar-refractivity contribution in [2.75, 3.05) is 0 Å². The third-order valence-corrected chi connectivity index (χ3v) is 0.929. The Hall–Kier alpha value is -0.460. The Balaban J connectivity index is 3.17. The first kappa shape index (κ1) is 6.54. The molecule has 7 heavy (non-hydrogen) atoms. The summed E-state index contributed by atoms with van der Waals surface area (Å²) in [6.45, 7) is 4.19. The minimum atomic E-state index is 1.14. The van der Waals surface area contributed by atoms with Gasteiger partial charge in [0.25, 0.3) is 0 Å². The number of rotatable bonds is 2. The van der Waals surface area contributed by atoms with Gasteiger partial charge in [0.1, 0.15) is 0 Å². The van der Waals surface area contributed by atoms with Crippen LogP contribution in [0.25, 0.3) is 0 Å². The van der Waals surface area contributed by atoms with E-state index < -0.39 is 0 Å². The Bertz CT molecular complexity index is 64.6. The molecule has 0 rings (SSSR count). The van der Waals surface area contributed by atoms with Gasteiger partial charge in [0.05, 0.1) is 0 Å². The average Bonchev–Trinajstić information content (AvgIpc) is 1.68. The molecule has 0 saturated carbocycles. The van der Waals surface area contributed by atoms with Crippen molar-refractivity contribution in [1.29, 1.82) is 0 Å². The van der Waals surface area contributed by atoms with E-state index in [1.54, 1.807) is 6.20 Å². The molecule has 0 spiro atoms. The van der Waals surface area contributed by atoms with Gasteiger partial charge in [0, 0.05) is 0 Å². The van der Waals surface area contributed by atoms with E-state index in [2.05, 4.69) is 6.92 Å². The Labute approximate surface area is 45.2 Å². The van der Waals surface area contributed by atoms with Gasteiger partial charge in [-0.1, -0.05) is 18.9 Å². The summed E-state index contributed by atoms with van der Waals surface area (Å²) in [4.78, 5) is 0. The van der Waals surface area contributed by atoms with Crippen LogP contribution in [0.1, 0.15) is 26.7 Å². The lowest BCUT2D eigenvalue weighted by atomic mass is 10.2. The molecular formula is C6H13N. The quantitative estimate of drug-likeness (QED) is 0.559. The molecule has 0 heterocycles. The predicted octanol–water partition coefficient (Wildman–Crippen LogP) is 1.65. The zero-order chi connectivity index (χ0) is 5.70. The Kier molecular flexibility index (Phi) is 3.48. The molecule has 0 atom stereocenters. The maximum atomic E-state index is 5.20. The summed E-state index contributed by atoms with van der Waals surface area (Å²) in [6.07, 6.45) is 4.00. The van der Waals surface area contributed by atoms with Crippen LogP contribution in [0.2, 0.25) is 0 Å². The van der Waals surface area contributed by atoms with Crippen molar-refractivity contribution in [2.24, 2.45) is 5.73 Å². The van der Waals surface area contributed by atoms with Crippen molar-refractivity contribution in [3.63, 3.8) is 0 Å². The monoisotopic (exact) mass is 99.1 g/mol. The van der Waals surface area contributed by atoms with E-state index in [1.807, 2.05) is 6.92 Å². The third kappa shape index (κ3) is 3.37. The molecule has 0 aromatic rings. The van der Waals surface area contributed by atoms with E-state index >= 15 is 0 Å². The fraction of sp³-hybridized carbons (Fsp3) is 0.667. The van der Waals surface area contributed by atoms with Crippen LogP contribution < -0.4 is 5.73 Å². The molecule has 1 heteroatoms. The standard InChI is InChI=1S/C6H13N/c1-3-4-6(2)5-7/h5H,3-4,7H2,1-2H3/b6-5-. The van der Waals surface area contributed by atoms with Crippen LogP contribution in [0.15, 0.2) is 11.8 Å². The van der Waals surface area contributed by atoms with Crippen LogP contribution in [-0.2, 0) is 0 Å². The molecule has 0 aromatic heterocycles. The molecule has 0 aliphatic rings. The van der Waals surface area contributed by atoms with Gasteiger partial charge in [-0.05, 0) is 19.5 Å². The fourth-order valence-electron chi connectivity index (χ4n) is 0.478. The Morgan fingerprint density at radius 1 is 1.71 bits per heavy atom. The molecule has 0 amide bonds. The van der Waals surface area contributed by atoms with Gasteiger partial charge in [-0.25, -0.2) is 0 Å². The van der Waals surface area contributed by atoms with Crippen molar-refractivity contribution < 1.29 is 0 Å². The zero-order valence-electron chi connectivity index (χ0n) is 5.07. The van der Waals surface area contributed by atoms with Gasteiger partial charge in [0.15, 0.2) is 0 Å². The van der Waals surface area contributed by atoms with E-state index in [0.717, 1.165) is 6.42 Å². The highest BCUT2D eigenvalue weighted by Crippen LogP contribution is 1.98. The van der Waals surface area contributed by atoms with Crippen molar-refractivity contribution in [3.05, 3.63) is 11.8 Å². The molecular weight excluding hydrogens is 86.1 g/mol. The molecule has 0 radical (unpaired) electrons. The lowest BCUT2D eigenvalue weighted by molar-refractivity contribution is 0.901. The van der Waals surface area contributed by atoms with Crippen molar-refractivity contribution >= 4 is 0 Å². The fourth-order valence-corrected chi connectivity index (χ4v) is 0.478. The minimum absolute atomic E-state index is 1.14. The zero-order valence-corrected chi connectivity index (χ0v) is 5.07. The van der Waals surface area contributed by atoms with Crippen LogP contribution >= 0.6 is 0 Å². The van der Waals surface area contributed by atoms with Crippen molar-refractivity contribution in [1.82, 2.24) is 0 Å². The van der Waals surface area contributed by atoms with E-state index in [1.165, 1.54) is 12.0 Å². The molecule has 0 bridgehead atoms. The van der Waals surface area contributed by atoms with Crippen LogP contribution in [0.3, 0.4) is 0 Å². The van der Waals surface area contributed by atoms with Gasteiger partial charge >= 0.3 is 0 Å². The molecule has 0 aliphatic heterocycles. The second kappa shape index (κ2) is 3.72. The van der Waals surface area contributed by atoms with E-state index in [4.69, 9.17) is 5.73 Å². The van der Waals surface area contributed by atoms with Gasteiger partial charge < -0.3 is 5.73 Å². The summed E-state index contributed by atoms with van der Waals surface area (Å²) in [5, 5.41) is 0. The minimum Gasteiger partial charge on any atom is -0.405 e. The molecule has 0 aromatic carbocycles. The largest absolute Gasteiger partial charge is 0.405 e.